The number of hydrogen-bond acceptors (Lipinski definition) is 4. The third-order valence-electron chi connectivity index (χ3n) is 8.23. The monoisotopic (exact) mass is 585 g/mol. The molecule has 0 aliphatic rings. The highest BCUT2D eigenvalue weighted by atomic mass is 19.4. The van der Waals surface area contributed by atoms with Crippen molar-refractivity contribution in [2.75, 3.05) is 14.2 Å². The van der Waals surface area contributed by atoms with E-state index in [1.165, 1.54) is 57.1 Å². The second-order valence-corrected chi connectivity index (χ2v) is 11.5. The number of unbranched alkanes of at least 4 members (excludes halogenated alkanes) is 9. The number of rotatable bonds is 21. The van der Waals surface area contributed by atoms with Gasteiger partial charge in [-0.25, -0.2) is 0 Å². The molecular formula is C35H50F3N3O. The van der Waals surface area contributed by atoms with Crippen molar-refractivity contribution in [2.24, 2.45) is 10.2 Å². The van der Waals surface area contributed by atoms with Crippen LogP contribution in [0.15, 0.2) is 58.8 Å². The van der Waals surface area contributed by atoms with Gasteiger partial charge in [0.15, 0.2) is 0 Å². The van der Waals surface area contributed by atoms with Crippen molar-refractivity contribution in [3.8, 4) is 11.8 Å². The molecule has 232 valence electrons. The Hall–Kier alpha value is -2.88. The molecule has 2 atom stereocenters. The Bertz CT molecular complexity index is 1100. The Kier molecular flexibility index (Phi) is 16.3. The number of methoxy groups -OCH3 is 1. The molecule has 0 saturated heterocycles. The highest BCUT2D eigenvalue weighted by Gasteiger charge is 2.36. The van der Waals surface area contributed by atoms with Crippen molar-refractivity contribution < 1.29 is 17.9 Å². The lowest BCUT2D eigenvalue weighted by Gasteiger charge is -2.28. The third kappa shape index (κ3) is 12.5. The molecule has 0 aliphatic heterocycles. The van der Waals surface area contributed by atoms with Gasteiger partial charge in [-0.05, 0) is 67.9 Å². The minimum atomic E-state index is -4.44. The quantitative estimate of drug-likeness (QED) is 0.108. The molecular weight excluding hydrogens is 535 g/mol. The standard InChI is InChI=1S/C35H50F3N3O/c1-4-5-6-7-8-9-10-11-12-13-24-34(28-39,30-18-15-19-31(27-30)35(36,37)38)25-16-20-32(41-40-2)23-22-29-17-14-21-33(26-29)42-3/h14-15,17-19,21,26-27,32H,4-13,16,20,22-25H2,1-3H3/b41-40+. The first-order chi connectivity index (χ1) is 20.3. The van der Waals surface area contributed by atoms with Gasteiger partial charge in [0.2, 0.25) is 0 Å². The van der Waals surface area contributed by atoms with Crippen molar-refractivity contribution in [3.05, 3.63) is 65.2 Å². The summed E-state index contributed by atoms with van der Waals surface area (Å²) in [6.45, 7) is 2.22. The van der Waals surface area contributed by atoms with Crippen LogP contribution in [-0.2, 0) is 18.0 Å². The lowest BCUT2D eigenvalue weighted by molar-refractivity contribution is -0.137. The highest BCUT2D eigenvalue weighted by molar-refractivity contribution is 5.36. The summed E-state index contributed by atoms with van der Waals surface area (Å²) in [6, 6.07) is 15.8. The molecule has 42 heavy (non-hydrogen) atoms. The number of nitrogens with zero attached hydrogens (tertiary/aromatic N) is 3. The average molecular weight is 586 g/mol. The molecule has 4 nitrogen and oxygen atoms in total. The molecule has 0 amide bonds. The molecule has 0 saturated carbocycles. The maximum Gasteiger partial charge on any atom is 0.416 e. The summed E-state index contributed by atoms with van der Waals surface area (Å²) in [5.41, 5.74) is -0.0244. The van der Waals surface area contributed by atoms with E-state index in [1.54, 1.807) is 20.2 Å². The minimum Gasteiger partial charge on any atom is -0.497 e. The summed E-state index contributed by atoms with van der Waals surface area (Å²) >= 11 is 0. The van der Waals surface area contributed by atoms with Gasteiger partial charge in [-0.1, -0.05) is 101 Å². The van der Waals surface area contributed by atoms with E-state index in [1.807, 2.05) is 18.2 Å². The molecule has 0 heterocycles. The number of benzene rings is 2. The molecule has 2 rings (SSSR count). The predicted octanol–water partition coefficient (Wildman–Crippen LogP) is 11.0. The fourth-order valence-corrected chi connectivity index (χ4v) is 5.72. The van der Waals surface area contributed by atoms with E-state index in [0.29, 0.717) is 24.8 Å². The number of aryl methyl sites for hydroxylation is 1. The summed E-state index contributed by atoms with van der Waals surface area (Å²) in [5, 5.41) is 18.9. The Morgan fingerprint density at radius 3 is 2.05 bits per heavy atom. The second-order valence-electron chi connectivity index (χ2n) is 11.5. The summed E-state index contributed by atoms with van der Waals surface area (Å²) in [6.07, 6.45) is 11.4. The topological polar surface area (TPSA) is 57.7 Å². The second kappa shape index (κ2) is 19.3. The van der Waals surface area contributed by atoms with Crippen LogP contribution >= 0.6 is 0 Å². The Labute approximate surface area is 251 Å². The number of azo groups is 1. The Morgan fingerprint density at radius 1 is 0.810 bits per heavy atom. The van der Waals surface area contributed by atoms with Crippen molar-refractivity contribution in [1.82, 2.24) is 0 Å². The van der Waals surface area contributed by atoms with Gasteiger partial charge in [0, 0.05) is 7.05 Å². The Balaban J connectivity index is 2.04. The normalized spacial score (nSPS) is 14.0. The number of halogens is 3. The zero-order valence-corrected chi connectivity index (χ0v) is 25.9. The minimum absolute atomic E-state index is 0.0172. The smallest absolute Gasteiger partial charge is 0.416 e. The number of nitriles is 1. The van der Waals surface area contributed by atoms with Gasteiger partial charge < -0.3 is 4.74 Å². The van der Waals surface area contributed by atoms with Gasteiger partial charge >= 0.3 is 6.18 Å². The zero-order chi connectivity index (χ0) is 30.7. The van der Waals surface area contributed by atoms with Gasteiger partial charge in [-0.3, -0.25) is 0 Å². The molecule has 0 fully saturated rings. The average Bonchev–Trinajstić information content (AvgIpc) is 2.99. The SMILES string of the molecule is CCCCCCCCCCCCC(C#N)(CCCC(CCc1cccc(OC)c1)/N=N/C)c1cccc(C(F)(F)F)c1. The first kappa shape index (κ1) is 35.3. The largest absolute Gasteiger partial charge is 0.497 e. The van der Waals surface area contributed by atoms with E-state index in [0.717, 1.165) is 55.9 Å². The van der Waals surface area contributed by atoms with E-state index in [9.17, 15) is 18.4 Å². The summed E-state index contributed by atoms with van der Waals surface area (Å²) in [7, 11) is 3.31. The number of ether oxygens (including phenoxy) is 1. The molecule has 0 aromatic heterocycles. The molecule has 0 bridgehead atoms. The van der Waals surface area contributed by atoms with Crippen LogP contribution in [0.4, 0.5) is 13.2 Å². The predicted molar refractivity (Wildman–Crippen MR) is 165 cm³/mol. The van der Waals surface area contributed by atoms with Crippen LogP contribution in [0.25, 0.3) is 0 Å². The first-order valence-corrected chi connectivity index (χ1v) is 15.8. The highest BCUT2D eigenvalue weighted by Crippen LogP contribution is 2.39. The molecule has 0 N–H and O–H groups in total. The molecule has 0 spiro atoms. The van der Waals surface area contributed by atoms with Crippen LogP contribution in [0, 0.1) is 11.3 Å². The van der Waals surface area contributed by atoms with Crippen LogP contribution in [-0.4, -0.2) is 20.2 Å². The Morgan fingerprint density at radius 2 is 1.43 bits per heavy atom. The molecule has 2 unspecified atom stereocenters. The van der Waals surface area contributed by atoms with E-state index in [-0.39, 0.29) is 6.04 Å². The lowest BCUT2D eigenvalue weighted by atomic mass is 9.73. The fourth-order valence-electron chi connectivity index (χ4n) is 5.72. The van der Waals surface area contributed by atoms with Crippen LogP contribution in [0.2, 0.25) is 0 Å². The molecule has 0 radical (unpaired) electrons. The molecule has 2 aromatic carbocycles. The van der Waals surface area contributed by atoms with Gasteiger partial charge in [0.1, 0.15) is 5.75 Å². The van der Waals surface area contributed by atoms with Gasteiger partial charge in [-0.15, -0.1) is 0 Å². The maximum atomic E-state index is 13.6. The zero-order valence-electron chi connectivity index (χ0n) is 25.9. The molecule has 0 aliphatic carbocycles. The fraction of sp³-hybridized carbons (Fsp3) is 0.629. The maximum absolute atomic E-state index is 13.6. The van der Waals surface area contributed by atoms with Gasteiger partial charge in [0.05, 0.1) is 30.2 Å². The van der Waals surface area contributed by atoms with Crippen molar-refractivity contribution in [2.45, 2.75) is 127 Å². The number of hydrogen-bond donors (Lipinski definition) is 0. The molecule has 2 aromatic rings. The van der Waals surface area contributed by atoms with Crippen molar-refractivity contribution in [3.63, 3.8) is 0 Å². The first-order valence-electron chi connectivity index (χ1n) is 15.8. The van der Waals surface area contributed by atoms with Crippen molar-refractivity contribution >= 4 is 0 Å². The van der Waals surface area contributed by atoms with E-state index in [2.05, 4.69) is 29.3 Å². The van der Waals surface area contributed by atoms with Crippen molar-refractivity contribution in [1.29, 1.82) is 5.26 Å². The summed E-state index contributed by atoms with van der Waals surface area (Å²) < 4.78 is 46.1. The third-order valence-corrected chi connectivity index (χ3v) is 8.23. The number of alkyl halides is 3. The van der Waals surface area contributed by atoms with Gasteiger partial charge in [0.25, 0.3) is 0 Å². The summed E-state index contributed by atoms with van der Waals surface area (Å²) in [5.74, 6) is 0.813. The van der Waals surface area contributed by atoms with Gasteiger partial charge in [-0.2, -0.15) is 28.7 Å². The van der Waals surface area contributed by atoms with E-state index in [4.69, 9.17) is 4.74 Å². The summed E-state index contributed by atoms with van der Waals surface area (Å²) in [4.78, 5) is 0. The molecule has 7 heteroatoms. The van der Waals surface area contributed by atoms with Crippen LogP contribution in [0.1, 0.15) is 120 Å². The van der Waals surface area contributed by atoms with Crippen LogP contribution < -0.4 is 4.74 Å². The lowest BCUT2D eigenvalue weighted by Crippen LogP contribution is -2.25. The van der Waals surface area contributed by atoms with E-state index >= 15 is 0 Å². The van der Waals surface area contributed by atoms with Crippen LogP contribution in [0.5, 0.6) is 5.75 Å². The van der Waals surface area contributed by atoms with E-state index < -0.39 is 17.2 Å². The van der Waals surface area contributed by atoms with Crippen LogP contribution in [0.3, 0.4) is 0 Å².